The average molecular weight is 371 g/mol. The quantitative estimate of drug-likeness (QED) is 0.597. The molecule has 2 heterocycles. The van der Waals surface area contributed by atoms with Crippen LogP contribution in [0.4, 0.5) is 0 Å². The summed E-state index contributed by atoms with van der Waals surface area (Å²) in [6, 6.07) is 11.6. The molecule has 136 valence electrons. The van der Waals surface area contributed by atoms with Crippen LogP contribution in [0.3, 0.4) is 0 Å². The second kappa shape index (κ2) is 8.25. The Bertz CT molecular complexity index is 936. The van der Waals surface area contributed by atoms with E-state index in [1.165, 1.54) is 22.8 Å². The number of carbonyl (C=O) groups is 1. The molecule has 3 rings (SSSR count). The maximum absolute atomic E-state index is 12.2. The van der Waals surface area contributed by atoms with Crippen molar-refractivity contribution in [3.05, 3.63) is 69.6 Å². The van der Waals surface area contributed by atoms with E-state index in [1.54, 1.807) is 12.3 Å². The van der Waals surface area contributed by atoms with Gasteiger partial charge in [0.25, 0.3) is 5.56 Å². The number of rotatable bonds is 7. The number of methoxy groups -OCH3 is 1. The Balaban J connectivity index is 1.83. The second-order valence-electron chi connectivity index (χ2n) is 6.22. The van der Waals surface area contributed by atoms with E-state index in [2.05, 4.69) is 9.88 Å². The van der Waals surface area contributed by atoms with E-state index in [-0.39, 0.29) is 17.4 Å². The van der Waals surface area contributed by atoms with E-state index in [1.807, 2.05) is 42.6 Å². The molecule has 0 fully saturated rings. The number of hydrogen-bond acceptors (Lipinski definition) is 6. The minimum atomic E-state index is -0.268. The Labute approximate surface area is 155 Å². The van der Waals surface area contributed by atoms with Gasteiger partial charge in [-0.25, -0.2) is 4.98 Å². The molecule has 0 bridgehead atoms. The molecule has 6 nitrogen and oxygen atoms in total. The van der Waals surface area contributed by atoms with Gasteiger partial charge < -0.3 is 4.74 Å². The predicted octanol–water partition coefficient (Wildman–Crippen LogP) is 2.57. The van der Waals surface area contributed by atoms with Crippen LogP contribution in [0.25, 0.3) is 4.96 Å². The summed E-state index contributed by atoms with van der Waals surface area (Å²) in [5.41, 5.74) is 1.75. The monoisotopic (exact) mass is 371 g/mol. The number of benzene rings is 1. The fourth-order valence-corrected chi connectivity index (χ4v) is 3.63. The van der Waals surface area contributed by atoms with Crippen LogP contribution in [0.1, 0.15) is 18.2 Å². The molecule has 0 aliphatic heterocycles. The molecule has 0 saturated carbocycles. The number of esters is 1. The summed E-state index contributed by atoms with van der Waals surface area (Å²) in [4.78, 5) is 31.4. The van der Waals surface area contributed by atoms with Crippen molar-refractivity contribution in [1.29, 1.82) is 0 Å². The zero-order valence-corrected chi connectivity index (χ0v) is 15.6. The van der Waals surface area contributed by atoms with Crippen LogP contribution in [-0.4, -0.2) is 33.9 Å². The highest BCUT2D eigenvalue weighted by Crippen LogP contribution is 2.13. The topological polar surface area (TPSA) is 63.9 Å². The van der Waals surface area contributed by atoms with Crippen molar-refractivity contribution in [2.75, 3.05) is 13.7 Å². The zero-order chi connectivity index (χ0) is 18.5. The van der Waals surface area contributed by atoms with Crippen LogP contribution < -0.4 is 5.56 Å². The number of hydrogen-bond donors (Lipinski definition) is 0. The van der Waals surface area contributed by atoms with E-state index in [0.29, 0.717) is 30.3 Å². The third-order valence-corrected chi connectivity index (χ3v) is 4.88. The van der Waals surface area contributed by atoms with Gasteiger partial charge in [0.05, 0.1) is 18.7 Å². The second-order valence-corrected chi connectivity index (χ2v) is 7.09. The van der Waals surface area contributed by atoms with Crippen LogP contribution in [0.5, 0.6) is 0 Å². The Morgan fingerprint density at radius 1 is 1.31 bits per heavy atom. The normalized spacial score (nSPS) is 12.4. The molecule has 0 amide bonds. The first-order valence-corrected chi connectivity index (χ1v) is 9.24. The van der Waals surface area contributed by atoms with Gasteiger partial charge >= 0.3 is 5.97 Å². The van der Waals surface area contributed by atoms with E-state index < -0.39 is 0 Å². The van der Waals surface area contributed by atoms with Gasteiger partial charge in [-0.1, -0.05) is 37.3 Å². The first-order valence-electron chi connectivity index (χ1n) is 8.36. The van der Waals surface area contributed by atoms with Gasteiger partial charge in [-0.3, -0.25) is 18.9 Å². The summed E-state index contributed by atoms with van der Waals surface area (Å²) >= 11 is 1.43. The summed E-state index contributed by atoms with van der Waals surface area (Å²) in [7, 11) is 1.40. The molecular formula is C19H21N3O3S. The fourth-order valence-electron chi connectivity index (χ4n) is 2.89. The third-order valence-electron chi connectivity index (χ3n) is 4.13. The molecule has 0 aliphatic rings. The highest BCUT2D eigenvalue weighted by molar-refractivity contribution is 7.15. The third kappa shape index (κ3) is 4.36. The van der Waals surface area contributed by atoms with Crippen molar-refractivity contribution in [1.82, 2.24) is 14.3 Å². The van der Waals surface area contributed by atoms with Crippen LogP contribution in [0.15, 0.2) is 52.8 Å². The van der Waals surface area contributed by atoms with Gasteiger partial charge in [-0.05, 0) is 5.56 Å². The van der Waals surface area contributed by atoms with Crippen LogP contribution in [0.2, 0.25) is 0 Å². The maximum atomic E-state index is 12.2. The van der Waals surface area contributed by atoms with E-state index in [0.717, 1.165) is 5.56 Å². The first kappa shape index (κ1) is 18.3. The summed E-state index contributed by atoms with van der Waals surface area (Å²) in [6.07, 6.45) is 1.72. The van der Waals surface area contributed by atoms with Crippen molar-refractivity contribution < 1.29 is 9.53 Å². The molecule has 0 saturated heterocycles. The minimum Gasteiger partial charge on any atom is -0.469 e. The highest BCUT2D eigenvalue weighted by atomic mass is 32.1. The lowest BCUT2D eigenvalue weighted by atomic mass is 10.1. The van der Waals surface area contributed by atoms with Gasteiger partial charge in [0, 0.05) is 37.3 Å². The van der Waals surface area contributed by atoms with Crippen molar-refractivity contribution in [3.8, 4) is 0 Å². The molecule has 0 radical (unpaired) electrons. The molecule has 0 aliphatic carbocycles. The average Bonchev–Trinajstić information content (AvgIpc) is 3.11. The molecule has 1 aromatic carbocycles. The summed E-state index contributed by atoms with van der Waals surface area (Å²) in [5, 5.41) is 1.84. The van der Waals surface area contributed by atoms with Crippen molar-refractivity contribution in [2.24, 2.45) is 5.92 Å². The molecular weight excluding hydrogens is 350 g/mol. The van der Waals surface area contributed by atoms with E-state index >= 15 is 0 Å². The summed E-state index contributed by atoms with van der Waals surface area (Å²) in [5.74, 6) is -0.514. The predicted molar refractivity (Wildman–Crippen MR) is 101 cm³/mol. The Kier molecular flexibility index (Phi) is 5.80. The number of carbonyl (C=O) groups excluding carboxylic acids is 1. The summed E-state index contributed by atoms with van der Waals surface area (Å²) in [6.45, 7) is 3.51. The van der Waals surface area contributed by atoms with Gasteiger partial charge in [0.1, 0.15) is 0 Å². The lowest BCUT2D eigenvalue weighted by Crippen LogP contribution is -2.32. The van der Waals surface area contributed by atoms with Gasteiger partial charge in [-0.2, -0.15) is 0 Å². The van der Waals surface area contributed by atoms with Crippen molar-refractivity contribution >= 4 is 22.3 Å². The highest BCUT2D eigenvalue weighted by Gasteiger charge is 2.19. The smallest absolute Gasteiger partial charge is 0.309 e. The number of fused-ring (bicyclic) bond motifs is 1. The van der Waals surface area contributed by atoms with Gasteiger partial charge in [0.2, 0.25) is 0 Å². The zero-order valence-electron chi connectivity index (χ0n) is 14.8. The fraction of sp³-hybridized carbons (Fsp3) is 0.316. The van der Waals surface area contributed by atoms with E-state index in [9.17, 15) is 9.59 Å². The minimum absolute atomic E-state index is 0.0908. The largest absolute Gasteiger partial charge is 0.469 e. The number of aromatic nitrogens is 2. The molecule has 26 heavy (non-hydrogen) atoms. The van der Waals surface area contributed by atoms with Crippen LogP contribution in [-0.2, 0) is 22.6 Å². The molecule has 7 heteroatoms. The number of ether oxygens (including phenoxy) is 1. The number of nitrogens with zero attached hydrogens (tertiary/aromatic N) is 3. The Hall–Kier alpha value is -2.51. The summed E-state index contributed by atoms with van der Waals surface area (Å²) < 4.78 is 6.38. The molecule has 0 N–H and O–H groups in total. The maximum Gasteiger partial charge on any atom is 0.309 e. The van der Waals surface area contributed by atoms with E-state index in [4.69, 9.17) is 4.74 Å². The lowest BCUT2D eigenvalue weighted by molar-refractivity contribution is -0.145. The van der Waals surface area contributed by atoms with Crippen LogP contribution in [0, 0.1) is 5.92 Å². The Morgan fingerprint density at radius 3 is 2.81 bits per heavy atom. The van der Waals surface area contributed by atoms with Gasteiger partial charge in [0.15, 0.2) is 4.96 Å². The SMILES string of the molecule is COC(=O)[C@H](C)CN(Cc1ccccc1)Cc1cc(=O)n2ccsc2n1. The van der Waals surface area contributed by atoms with Crippen molar-refractivity contribution in [2.45, 2.75) is 20.0 Å². The lowest BCUT2D eigenvalue weighted by Gasteiger charge is -2.24. The molecule has 0 spiro atoms. The Morgan fingerprint density at radius 2 is 2.08 bits per heavy atom. The first-order chi connectivity index (χ1) is 12.6. The van der Waals surface area contributed by atoms with Crippen molar-refractivity contribution in [3.63, 3.8) is 0 Å². The number of thiazole rings is 1. The van der Waals surface area contributed by atoms with Crippen LogP contribution >= 0.6 is 11.3 Å². The standard InChI is InChI=1S/C19H21N3O3S/c1-14(18(24)25-2)11-21(12-15-6-4-3-5-7-15)13-16-10-17(23)22-8-9-26-19(22)20-16/h3-10,14H,11-13H2,1-2H3/t14-/m1/s1. The molecule has 0 unspecified atom stereocenters. The molecule has 2 aromatic heterocycles. The molecule has 1 atom stereocenters. The molecule has 3 aromatic rings. The van der Waals surface area contributed by atoms with Gasteiger partial charge in [-0.15, -0.1) is 11.3 Å².